The number of hydrogen-bond acceptors (Lipinski definition) is 2. The molecule has 126 valence electrons. The number of rotatable bonds is 11. The summed E-state index contributed by atoms with van der Waals surface area (Å²) in [6.07, 6.45) is 9.64. The fourth-order valence-electron chi connectivity index (χ4n) is 3.00. The Morgan fingerprint density at radius 1 is 0.864 bits per heavy atom. The molecule has 0 aromatic heterocycles. The van der Waals surface area contributed by atoms with Crippen molar-refractivity contribution in [2.75, 3.05) is 14.2 Å². The van der Waals surface area contributed by atoms with Crippen LogP contribution in [0.15, 0.2) is 12.1 Å². The van der Waals surface area contributed by atoms with Crippen LogP contribution >= 0.6 is 0 Å². The molecule has 0 saturated carbocycles. The normalized spacial score (nSPS) is 12.2. The number of benzene rings is 1. The summed E-state index contributed by atoms with van der Waals surface area (Å²) in [6, 6.07) is 4.40. The molecule has 0 N–H and O–H groups in total. The Balaban J connectivity index is 2.97. The van der Waals surface area contributed by atoms with Crippen LogP contribution in [0.2, 0.25) is 0 Å². The molecule has 2 heteroatoms. The van der Waals surface area contributed by atoms with E-state index < -0.39 is 0 Å². The molecule has 2 nitrogen and oxygen atoms in total. The van der Waals surface area contributed by atoms with Crippen molar-refractivity contribution in [3.63, 3.8) is 0 Å². The number of hydrogen-bond donors (Lipinski definition) is 0. The monoisotopic (exact) mass is 306 g/mol. The van der Waals surface area contributed by atoms with Crippen LogP contribution in [-0.4, -0.2) is 14.2 Å². The number of aryl methyl sites for hydroxylation is 1. The maximum Gasteiger partial charge on any atom is 0.122 e. The van der Waals surface area contributed by atoms with Crippen molar-refractivity contribution in [2.45, 2.75) is 72.1 Å². The van der Waals surface area contributed by atoms with Gasteiger partial charge in [-0.05, 0) is 48.4 Å². The van der Waals surface area contributed by atoms with Crippen LogP contribution in [0.3, 0.4) is 0 Å². The lowest BCUT2D eigenvalue weighted by molar-refractivity contribution is 0.384. The fourth-order valence-corrected chi connectivity index (χ4v) is 3.00. The van der Waals surface area contributed by atoms with Crippen LogP contribution in [0.25, 0.3) is 0 Å². The Labute approximate surface area is 137 Å². The summed E-state index contributed by atoms with van der Waals surface area (Å²) in [4.78, 5) is 0. The van der Waals surface area contributed by atoms with Gasteiger partial charge in [0.2, 0.25) is 0 Å². The second kappa shape index (κ2) is 10.5. The quantitative estimate of drug-likeness (QED) is 0.514. The first kappa shape index (κ1) is 18.9. The van der Waals surface area contributed by atoms with Crippen LogP contribution in [-0.2, 0) is 12.8 Å². The number of methoxy groups -OCH3 is 2. The van der Waals surface area contributed by atoms with Gasteiger partial charge in [0.25, 0.3) is 0 Å². The third-order valence-corrected chi connectivity index (χ3v) is 4.53. The minimum atomic E-state index is 0.736. The minimum absolute atomic E-state index is 0.736. The van der Waals surface area contributed by atoms with Crippen molar-refractivity contribution >= 4 is 0 Å². The molecule has 0 amide bonds. The largest absolute Gasteiger partial charge is 0.496 e. The zero-order valence-electron chi connectivity index (χ0n) is 15.2. The Morgan fingerprint density at radius 2 is 1.45 bits per heavy atom. The molecule has 0 aliphatic carbocycles. The van der Waals surface area contributed by atoms with Gasteiger partial charge in [0.1, 0.15) is 11.5 Å². The topological polar surface area (TPSA) is 18.5 Å². The number of ether oxygens (including phenoxy) is 2. The van der Waals surface area contributed by atoms with Crippen LogP contribution in [0, 0.1) is 5.92 Å². The molecule has 22 heavy (non-hydrogen) atoms. The van der Waals surface area contributed by atoms with E-state index >= 15 is 0 Å². The molecule has 0 bridgehead atoms. The highest BCUT2D eigenvalue weighted by atomic mass is 16.5. The Morgan fingerprint density at radius 3 is 2.00 bits per heavy atom. The summed E-state index contributed by atoms with van der Waals surface area (Å²) in [5, 5.41) is 0. The van der Waals surface area contributed by atoms with E-state index in [2.05, 4.69) is 32.9 Å². The smallest absolute Gasteiger partial charge is 0.122 e. The average molecular weight is 306 g/mol. The highest BCUT2D eigenvalue weighted by Crippen LogP contribution is 2.33. The SMILES string of the molecule is CCCCc1cc(OC)c(CC(CC)CCCC)cc1OC. The molecule has 0 aliphatic heterocycles. The van der Waals surface area contributed by atoms with Crippen molar-refractivity contribution in [3.8, 4) is 11.5 Å². The van der Waals surface area contributed by atoms with E-state index in [1.807, 2.05) is 0 Å². The van der Waals surface area contributed by atoms with E-state index in [1.165, 1.54) is 49.7 Å². The third-order valence-electron chi connectivity index (χ3n) is 4.53. The molecule has 0 saturated heterocycles. The Hall–Kier alpha value is -1.18. The minimum Gasteiger partial charge on any atom is -0.496 e. The van der Waals surface area contributed by atoms with E-state index in [9.17, 15) is 0 Å². The zero-order chi connectivity index (χ0) is 16.4. The molecular weight excluding hydrogens is 272 g/mol. The lowest BCUT2D eigenvalue weighted by Gasteiger charge is -2.19. The molecule has 1 aromatic rings. The summed E-state index contributed by atoms with van der Waals surface area (Å²) in [6.45, 7) is 6.77. The summed E-state index contributed by atoms with van der Waals surface area (Å²) < 4.78 is 11.3. The van der Waals surface area contributed by atoms with Gasteiger partial charge >= 0.3 is 0 Å². The standard InChI is InChI=1S/C20H34O2/c1-6-9-11-16(8-3)13-18-15-19(21-4)17(12-10-7-2)14-20(18)22-5/h14-16H,6-13H2,1-5H3. The van der Waals surface area contributed by atoms with Gasteiger partial charge in [-0.2, -0.15) is 0 Å². The average Bonchev–Trinajstić information content (AvgIpc) is 2.56. The first-order valence-corrected chi connectivity index (χ1v) is 8.93. The predicted molar refractivity (Wildman–Crippen MR) is 95.2 cm³/mol. The molecule has 1 unspecified atom stereocenters. The number of unbranched alkanes of at least 4 members (excludes halogenated alkanes) is 2. The van der Waals surface area contributed by atoms with E-state index in [4.69, 9.17) is 9.47 Å². The molecular formula is C20H34O2. The van der Waals surface area contributed by atoms with E-state index in [0.717, 1.165) is 30.3 Å². The van der Waals surface area contributed by atoms with Crippen molar-refractivity contribution in [3.05, 3.63) is 23.3 Å². The first-order valence-electron chi connectivity index (χ1n) is 8.93. The van der Waals surface area contributed by atoms with Crippen molar-refractivity contribution in [2.24, 2.45) is 5.92 Å². The van der Waals surface area contributed by atoms with Gasteiger partial charge in [-0.3, -0.25) is 0 Å². The molecule has 1 rings (SSSR count). The van der Waals surface area contributed by atoms with E-state index in [0.29, 0.717) is 0 Å². The van der Waals surface area contributed by atoms with Gasteiger partial charge in [-0.1, -0.05) is 52.9 Å². The Bertz CT molecular complexity index is 426. The highest BCUT2D eigenvalue weighted by molar-refractivity contribution is 5.47. The summed E-state index contributed by atoms with van der Waals surface area (Å²) in [5.74, 6) is 2.79. The van der Waals surface area contributed by atoms with Gasteiger partial charge in [-0.25, -0.2) is 0 Å². The van der Waals surface area contributed by atoms with Gasteiger partial charge < -0.3 is 9.47 Å². The maximum absolute atomic E-state index is 5.66. The van der Waals surface area contributed by atoms with Crippen molar-refractivity contribution in [1.29, 1.82) is 0 Å². The van der Waals surface area contributed by atoms with Gasteiger partial charge in [0, 0.05) is 0 Å². The molecule has 0 aliphatic rings. The molecule has 1 atom stereocenters. The lowest BCUT2D eigenvalue weighted by atomic mass is 9.90. The summed E-state index contributed by atoms with van der Waals surface area (Å²) in [7, 11) is 3.55. The van der Waals surface area contributed by atoms with Crippen molar-refractivity contribution in [1.82, 2.24) is 0 Å². The lowest BCUT2D eigenvalue weighted by Crippen LogP contribution is -2.06. The summed E-state index contributed by atoms with van der Waals surface area (Å²) >= 11 is 0. The Kier molecular flexibility index (Phi) is 9.03. The van der Waals surface area contributed by atoms with Gasteiger partial charge in [0.05, 0.1) is 14.2 Å². The van der Waals surface area contributed by atoms with E-state index in [1.54, 1.807) is 14.2 Å². The van der Waals surface area contributed by atoms with Crippen LogP contribution in [0.4, 0.5) is 0 Å². The third kappa shape index (κ3) is 5.55. The molecule has 0 radical (unpaired) electrons. The molecule has 0 heterocycles. The summed E-state index contributed by atoms with van der Waals surface area (Å²) in [5.41, 5.74) is 2.56. The van der Waals surface area contributed by atoms with Crippen LogP contribution in [0.1, 0.15) is 70.4 Å². The van der Waals surface area contributed by atoms with E-state index in [-0.39, 0.29) is 0 Å². The second-order valence-electron chi connectivity index (χ2n) is 6.20. The highest BCUT2D eigenvalue weighted by Gasteiger charge is 2.15. The molecule has 0 spiro atoms. The van der Waals surface area contributed by atoms with Gasteiger partial charge in [0.15, 0.2) is 0 Å². The predicted octanol–water partition coefficient (Wildman–Crippen LogP) is 5.81. The second-order valence-corrected chi connectivity index (χ2v) is 6.20. The first-order chi connectivity index (χ1) is 10.7. The maximum atomic E-state index is 5.66. The van der Waals surface area contributed by atoms with Crippen molar-refractivity contribution < 1.29 is 9.47 Å². The molecule has 1 aromatic carbocycles. The van der Waals surface area contributed by atoms with Gasteiger partial charge in [-0.15, -0.1) is 0 Å². The van der Waals surface area contributed by atoms with Crippen LogP contribution < -0.4 is 9.47 Å². The van der Waals surface area contributed by atoms with Crippen LogP contribution in [0.5, 0.6) is 11.5 Å². The zero-order valence-corrected chi connectivity index (χ0v) is 15.2. The fraction of sp³-hybridized carbons (Fsp3) is 0.700. The molecule has 0 fully saturated rings.